The number of aromatic amines is 1. The number of nitrogens with zero attached hydrogens (tertiary/aromatic N) is 3. The second-order valence-electron chi connectivity index (χ2n) is 4.98. The fourth-order valence-electron chi connectivity index (χ4n) is 2.24. The van der Waals surface area contributed by atoms with Crippen molar-refractivity contribution in [2.45, 2.75) is 26.3 Å². The van der Waals surface area contributed by atoms with Gasteiger partial charge in [-0.3, -0.25) is 4.79 Å². The van der Waals surface area contributed by atoms with Crippen molar-refractivity contribution in [3.05, 3.63) is 57.2 Å². The molecule has 3 aromatic rings. The van der Waals surface area contributed by atoms with Gasteiger partial charge in [0.2, 0.25) is 5.78 Å². The Bertz CT molecular complexity index is 855. The Labute approximate surface area is 132 Å². The molecule has 2 aromatic heterocycles. The average Bonchev–Trinajstić information content (AvgIpc) is 2.90. The third kappa shape index (κ3) is 2.96. The van der Waals surface area contributed by atoms with E-state index in [1.807, 2.05) is 24.3 Å². The van der Waals surface area contributed by atoms with Crippen LogP contribution < -0.4 is 10.9 Å². The molecule has 0 aliphatic rings. The first-order chi connectivity index (χ1) is 10.7. The second-order valence-corrected chi connectivity index (χ2v) is 5.39. The third-order valence-electron chi connectivity index (χ3n) is 3.26. The summed E-state index contributed by atoms with van der Waals surface area (Å²) in [6, 6.07) is 9.01. The van der Waals surface area contributed by atoms with E-state index in [4.69, 9.17) is 11.6 Å². The molecule has 0 amide bonds. The Morgan fingerprint density at radius 3 is 2.95 bits per heavy atom. The molecule has 3 rings (SSSR count). The lowest BCUT2D eigenvalue weighted by Gasteiger charge is -2.04. The Kier molecular flexibility index (Phi) is 4.11. The molecule has 7 heteroatoms. The normalized spacial score (nSPS) is 11.0. The van der Waals surface area contributed by atoms with Crippen LogP contribution in [0.5, 0.6) is 0 Å². The van der Waals surface area contributed by atoms with Crippen LogP contribution in [0.2, 0.25) is 5.02 Å². The smallest absolute Gasteiger partial charge is 0.275 e. The summed E-state index contributed by atoms with van der Waals surface area (Å²) in [4.78, 5) is 19.5. The SMILES string of the molecule is CCCc1cc(=O)n2nc(CNc3ccccc3Cl)nc2[nH]1. The number of aryl methyl sites for hydroxylation is 1. The first-order valence-electron chi connectivity index (χ1n) is 7.13. The van der Waals surface area contributed by atoms with Gasteiger partial charge in [0.1, 0.15) is 0 Å². The lowest BCUT2D eigenvalue weighted by Crippen LogP contribution is -2.15. The molecular formula is C15H16ClN5O. The van der Waals surface area contributed by atoms with Crippen LogP contribution in [0, 0.1) is 0 Å². The topological polar surface area (TPSA) is 75.1 Å². The molecule has 0 saturated heterocycles. The van der Waals surface area contributed by atoms with E-state index < -0.39 is 0 Å². The van der Waals surface area contributed by atoms with Crippen molar-refractivity contribution in [1.29, 1.82) is 0 Å². The molecule has 2 heterocycles. The molecule has 0 aliphatic carbocycles. The molecule has 0 unspecified atom stereocenters. The van der Waals surface area contributed by atoms with Crippen molar-refractivity contribution in [1.82, 2.24) is 19.6 Å². The van der Waals surface area contributed by atoms with Crippen LogP contribution in [-0.2, 0) is 13.0 Å². The van der Waals surface area contributed by atoms with Crippen LogP contribution in [0.1, 0.15) is 24.9 Å². The third-order valence-corrected chi connectivity index (χ3v) is 3.59. The molecule has 0 fully saturated rings. The van der Waals surface area contributed by atoms with Gasteiger partial charge < -0.3 is 10.3 Å². The van der Waals surface area contributed by atoms with Crippen molar-refractivity contribution < 1.29 is 0 Å². The van der Waals surface area contributed by atoms with E-state index in [1.54, 1.807) is 6.07 Å². The number of rotatable bonds is 5. The molecule has 0 atom stereocenters. The predicted octanol–water partition coefficient (Wildman–Crippen LogP) is 2.64. The van der Waals surface area contributed by atoms with Gasteiger partial charge in [-0.15, -0.1) is 5.10 Å². The number of hydrogen-bond acceptors (Lipinski definition) is 4. The molecule has 0 radical (unpaired) electrons. The van der Waals surface area contributed by atoms with Gasteiger partial charge in [0.15, 0.2) is 5.82 Å². The monoisotopic (exact) mass is 317 g/mol. The maximum absolute atomic E-state index is 12.0. The maximum Gasteiger partial charge on any atom is 0.275 e. The fraction of sp³-hybridized carbons (Fsp3) is 0.267. The van der Waals surface area contributed by atoms with Crippen LogP contribution in [-0.4, -0.2) is 19.6 Å². The number of fused-ring (bicyclic) bond motifs is 1. The highest BCUT2D eigenvalue weighted by molar-refractivity contribution is 6.33. The van der Waals surface area contributed by atoms with Crippen molar-refractivity contribution >= 4 is 23.1 Å². The molecule has 114 valence electrons. The zero-order valence-electron chi connectivity index (χ0n) is 12.1. The summed E-state index contributed by atoms with van der Waals surface area (Å²) < 4.78 is 1.28. The Balaban J connectivity index is 1.84. The highest BCUT2D eigenvalue weighted by Gasteiger charge is 2.08. The van der Waals surface area contributed by atoms with Crippen LogP contribution in [0.3, 0.4) is 0 Å². The molecule has 0 saturated carbocycles. The summed E-state index contributed by atoms with van der Waals surface area (Å²) in [5, 5.41) is 8.01. The van der Waals surface area contributed by atoms with Crippen LogP contribution in [0.4, 0.5) is 5.69 Å². The average molecular weight is 318 g/mol. The Morgan fingerprint density at radius 1 is 1.36 bits per heavy atom. The molecule has 1 aromatic carbocycles. The van der Waals surface area contributed by atoms with E-state index in [0.717, 1.165) is 24.2 Å². The minimum atomic E-state index is -0.173. The number of H-pyrrole nitrogens is 1. The van der Waals surface area contributed by atoms with Crippen LogP contribution in [0.25, 0.3) is 5.78 Å². The number of para-hydroxylation sites is 1. The molecule has 22 heavy (non-hydrogen) atoms. The zero-order valence-corrected chi connectivity index (χ0v) is 12.9. The summed E-state index contributed by atoms with van der Waals surface area (Å²) in [5.41, 5.74) is 1.51. The van der Waals surface area contributed by atoms with Crippen molar-refractivity contribution in [3.63, 3.8) is 0 Å². The zero-order chi connectivity index (χ0) is 15.5. The van der Waals surface area contributed by atoms with Crippen molar-refractivity contribution in [2.75, 3.05) is 5.32 Å². The lowest BCUT2D eigenvalue weighted by atomic mass is 10.2. The van der Waals surface area contributed by atoms with E-state index in [1.165, 1.54) is 4.52 Å². The van der Waals surface area contributed by atoms with E-state index in [0.29, 0.717) is 23.2 Å². The van der Waals surface area contributed by atoms with Crippen LogP contribution >= 0.6 is 11.6 Å². The first kappa shape index (κ1) is 14.6. The van der Waals surface area contributed by atoms with Gasteiger partial charge in [-0.25, -0.2) is 0 Å². The summed E-state index contributed by atoms with van der Waals surface area (Å²) in [5.74, 6) is 0.994. The van der Waals surface area contributed by atoms with Gasteiger partial charge in [0.25, 0.3) is 5.56 Å². The van der Waals surface area contributed by atoms with E-state index >= 15 is 0 Å². The van der Waals surface area contributed by atoms with E-state index in [9.17, 15) is 4.79 Å². The number of anilines is 1. The Morgan fingerprint density at radius 2 is 2.18 bits per heavy atom. The van der Waals surface area contributed by atoms with Crippen LogP contribution in [0.15, 0.2) is 35.1 Å². The molecule has 0 spiro atoms. The fourth-order valence-corrected chi connectivity index (χ4v) is 2.44. The van der Waals surface area contributed by atoms with Gasteiger partial charge in [0.05, 0.1) is 17.3 Å². The molecule has 0 aliphatic heterocycles. The number of hydrogen-bond donors (Lipinski definition) is 2. The first-order valence-corrected chi connectivity index (χ1v) is 7.51. The van der Waals surface area contributed by atoms with Gasteiger partial charge in [-0.1, -0.05) is 37.1 Å². The summed E-state index contributed by atoms with van der Waals surface area (Å²) in [6.45, 7) is 2.45. The summed E-state index contributed by atoms with van der Waals surface area (Å²) in [7, 11) is 0. The molecule has 0 bridgehead atoms. The predicted molar refractivity (Wildman–Crippen MR) is 86.4 cm³/mol. The van der Waals surface area contributed by atoms with Gasteiger partial charge in [0, 0.05) is 11.8 Å². The molecule has 6 nitrogen and oxygen atoms in total. The highest BCUT2D eigenvalue weighted by Crippen LogP contribution is 2.20. The van der Waals surface area contributed by atoms with Gasteiger partial charge in [-0.2, -0.15) is 9.50 Å². The quantitative estimate of drug-likeness (QED) is 0.758. The Hall–Kier alpha value is -2.34. The second kappa shape index (κ2) is 6.19. The van der Waals surface area contributed by atoms with Crippen molar-refractivity contribution in [3.8, 4) is 0 Å². The lowest BCUT2D eigenvalue weighted by molar-refractivity contribution is 0.825. The molecule has 2 N–H and O–H groups in total. The largest absolute Gasteiger partial charge is 0.376 e. The van der Waals surface area contributed by atoms with E-state index in [2.05, 4.69) is 27.3 Å². The number of halogens is 1. The van der Waals surface area contributed by atoms with Crippen molar-refractivity contribution in [2.24, 2.45) is 0 Å². The minimum Gasteiger partial charge on any atom is -0.376 e. The standard InChI is InChI=1S/C15H16ClN5O/c1-2-5-10-8-14(22)21-15(18-10)19-13(20-21)9-17-12-7-4-3-6-11(12)16/h3-4,6-8,17H,2,5,9H2,1H3,(H,18,19,20). The minimum absolute atomic E-state index is 0.173. The van der Waals surface area contributed by atoms with E-state index in [-0.39, 0.29) is 5.56 Å². The maximum atomic E-state index is 12.0. The summed E-state index contributed by atoms with van der Waals surface area (Å²) in [6.07, 6.45) is 1.77. The number of aromatic nitrogens is 4. The highest BCUT2D eigenvalue weighted by atomic mass is 35.5. The summed E-state index contributed by atoms with van der Waals surface area (Å²) >= 11 is 6.09. The number of nitrogens with one attached hydrogen (secondary N) is 2. The number of benzene rings is 1. The van der Waals surface area contributed by atoms with Gasteiger partial charge >= 0.3 is 0 Å². The van der Waals surface area contributed by atoms with Gasteiger partial charge in [-0.05, 0) is 18.6 Å². The molecular weight excluding hydrogens is 302 g/mol.